The summed E-state index contributed by atoms with van der Waals surface area (Å²) in [6.45, 7) is -0.636. The molecule has 0 aromatic heterocycles. The van der Waals surface area contributed by atoms with Gasteiger partial charge in [0, 0.05) is 0 Å². The molecule has 3 aromatic rings. The molecule has 0 spiro atoms. The van der Waals surface area contributed by atoms with Gasteiger partial charge in [0.15, 0.2) is 6.61 Å². The molecular weight excluding hydrogens is 422 g/mol. The van der Waals surface area contributed by atoms with Crippen LogP contribution in [0.1, 0.15) is 10.4 Å². The standard InChI is InChI=1S/C19H14ClNO7S/c20-15-9-13(5-6-17(15)28-10-18(22)23)29(26,27)21-16-8-12-4-2-1-3-11(12)7-14(16)19(24)25/h1-9,21H,10H2,(H,22,23)(H,24,25). The highest BCUT2D eigenvalue weighted by Crippen LogP contribution is 2.30. The van der Waals surface area contributed by atoms with Crippen LogP contribution >= 0.6 is 11.6 Å². The predicted octanol–water partition coefficient (Wildman–Crippen LogP) is 3.46. The molecule has 0 atom stereocenters. The van der Waals surface area contributed by atoms with Gasteiger partial charge in [-0.2, -0.15) is 0 Å². The molecule has 3 aromatic carbocycles. The fourth-order valence-corrected chi connectivity index (χ4v) is 4.01. The quantitative estimate of drug-likeness (QED) is 0.518. The van der Waals surface area contributed by atoms with Crippen LogP contribution in [0.4, 0.5) is 5.69 Å². The summed E-state index contributed by atoms with van der Waals surface area (Å²) < 4.78 is 32.7. The smallest absolute Gasteiger partial charge is 0.341 e. The van der Waals surface area contributed by atoms with E-state index in [9.17, 15) is 23.1 Å². The second-order valence-electron chi connectivity index (χ2n) is 5.93. The molecule has 8 nitrogen and oxygen atoms in total. The van der Waals surface area contributed by atoms with E-state index in [1.54, 1.807) is 24.3 Å². The number of rotatable bonds is 7. The number of sulfonamides is 1. The molecule has 150 valence electrons. The number of carboxylic acids is 2. The maximum absolute atomic E-state index is 12.7. The second kappa shape index (κ2) is 7.98. The van der Waals surface area contributed by atoms with Crippen molar-refractivity contribution in [1.29, 1.82) is 0 Å². The zero-order chi connectivity index (χ0) is 21.2. The number of carbonyl (C=O) groups is 2. The molecule has 0 heterocycles. The van der Waals surface area contributed by atoms with Gasteiger partial charge in [0.1, 0.15) is 5.75 Å². The van der Waals surface area contributed by atoms with E-state index in [2.05, 4.69) is 4.72 Å². The molecule has 3 rings (SSSR count). The lowest BCUT2D eigenvalue weighted by Crippen LogP contribution is -2.16. The third-order valence-corrected chi connectivity index (χ3v) is 5.58. The number of aliphatic carboxylic acids is 1. The highest BCUT2D eigenvalue weighted by Gasteiger charge is 2.21. The molecule has 0 saturated heterocycles. The van der Waals surface area contributed by atoms with Gasteiger partial charge >= 0.3 is 11.9 Å². The van der Waals surface area contributed by atoms with Gasteiger partial charge in [0.25, 0.3) is 10.0 Å². The Bertz CT molecular complexity index is 1220. The molecule has 0 saturated carbocycles. The third kappa shape index (κ3) is 4.58. The summed E-state index contributed by atoms with van der Waals surface area (Å²) >= 11 is 5.98. The molecular formula is C19H14ClNO7S. The van der Waals surface area contributed by atoms with E-state index in [1.165, 1.54) is 24.3 Å². The van der Waals surface area contributed by atoms with Crippen LogP contribution in [0, 0.1) is 0 Å². The summed E-state index contributed by atoms with van der Waals surface area (Å²) in [6.07, 6.45) is 0. The highest BCUT2D eigenvalue weighted by atomic mass is 35.5. The molecule has 0 aliphatic heterocycles. The minimum atomic E-state index is -4.18. The summed E-state index contributed by atoms with van der Waals surface area (Å²) in [5.74, 6) is -2.49. The van der Waals surface area contributed by atoms with E-state index in [0.717, 1.165) is 6.07 Å². The van der Waals surface area contributed by atoms with Crippen LogP contribution < -0.4 is 9.46 Å². The molecule has 29 heavy (non-hydrogen) atoms. The van der Waals surface area contributed by atoms with Gasteiger partial charge in [-0.25, -0.2) is 18.0 Å². The molecule has 0 amide bonds. The summed E-state index contributed by atoms with van der Waals surface area (Å²) in [6, 6.07) is 13.2. The predicted molar refractivity (Wildman–Crippen MR) is 106 cm³/mol. The van der Waals surface area contributed by atoms with Gasteiger partial charge < -0.3 is 14.9 Å². The number of nitrogens with one attached hydrogen (secondary N) is 1. The number of ether oxygens (including phenoxy) is 1. The number of halogens is 1. The van der Waals surface area contributed by atoms with E-state index >= 15 is 0 Å². The Labute approximate surface area is 170 Å². The Morgan fingerprint density at radius 3 is 2.24 bits per heavy atom. The summed E-state index contributed by atoms with van der Waals surface area (Å²) in [7, 11) is -4.18. The number of anilines is 1. The Morgan fingerprint density at radius 1 is 1.00 bits per heavy atom. The van der Waals surface area contributed by atoms with Gasteiger partial charge in [-0.05, 0) is 41.1 Å². The van der Waals surface area contributed by atoms with Crippen LogP contribution in [-0.2, 0) is 14.8 Å². The largest absolute Gasteiger partial charge is 0.480 e. The van der Waals surface area contributed by atoms with Crippen molar-refractivity contribution in [2.45, 2.75) is 4.90 Å². The molecule has 0 aliphatic rings. The summed E-state index contributed by atoms with van der Waals surface area (Å²) in [5.41, 5.74) is -0.307. The average molecular weight is 436 g/mol. The minimum Gasteiger partial charge on any atom is -0.480 e. The Morgan fingerprint density at radius 2 is 1.66 bits per heavy atom. The number of carboxylic acid groups (broad SMARTS) is 2. The molecule has 0 bridgehead atoms. The van der Waals surface area contributed by atoms with Crippen molar-refractivity contribution >= 4 is 50.0 Å². The normalized spacial score (nSPS) is 11.2. The van der Waals surface area contributed by atoms with E-state index in [0.29, 0.717) is 10.8 Å². The van der Waals surface area contributed by atoms with E-state index in [1.807, 2.05) is 0 Å². The minimum absolute atomic E-state index is 0.00458. The molecule has 0 fully saturated rings. The zero-order valence-corrected chi connectivity index (χ0v) is 16.2. The first-order valence-electron chi connectivity index (χ1n) is 8.10. The van der Waals surface area contributed by atoms with E-state index in [-0.39, 0.29) is 26.9 Å². The third-order valence-electron chi connectivity index (χ3n) is 3.93. The molecule has 10 heteroatoms. The molecule has 3 N–H and O–H groups in total. The Hall–Kier alpha value is -3.30. The maximum atomic E-state index is 12.7. The number of hydrogen-bond acceptors (Lipinski definition) is 5. The maximum Gasteiger partial charge on any atom is 0.341 e. The highest BCUT2D eigenvalue weighted by molar-refractivity contribution is 7.92. The topological polar surface area (TPSA) is 130 Å². The number of hydrogen-bond donors (Lipinski definition) is 3. The van der Waals surface area contributed by atoms with Crippen molar-refractivity contribution in [2.75, 3.05) is 11.3 Å². The fourth-order valence-electron chi connectivity index (χ4n) is 2.61. The summed E-state index contributed by atoms with van der Waals surface area (Å²) in [4.78, 5) is 21.9. The molecule has 0 aliphatic carbocycles. The van der Waals surface area contributed by atoms with Crippen LogP contribution in [0.3, 0.4) is 0 Å². The van der Waals surface area contributed by atoms with Crippen LogP contribution in [-0.4, -0.2) is 37.2 Å². The lowest BCUT2D eigenvalue weighted by atomic mass is 10.1. The molecule has 0 unspecified atom stereocenters. The van der Waals surface area contributed by atoms with Gasteiger partial charge in [-0.1, -0.05) is 35.9 Å². The first-order chi connectivity index (χ1) is 13.7. The van der Waals surface area contributed by atoms with Crippen molar-refractivity contribution in [2.24, 2.45) is 0 Å². The van der Waals surface area contributed by atoms with Crippen molar-refractivity contribution in [3.8, 4) is 5.75 Å². The first-order valence-corrected chi connectivity index (χ1v) is 9.96. The van der Waals surface area contributed by atoms with Gasteiger partial charge in [-0.15, -0.1) is 0 Å². The van der Waals surface area contributed by atoms with Crippen LogP contribution in [0.15, 0.2) is 59.5 Å². The van der Waals surface area contributed by atoms with Crippen LogP contribution in [0.2, 0.25) is 5.02 Å². The van der Waals surface area contributed by atoms with Crippen LogP contribution in [0.5, 0.6) is 5.75 Å². The fraction of sp³-hybridized carbons (Fsp3) is 0.0526. The van der Waals surface area contributed by atoms with Crippen molar-refractivity contribution in [3.05, 3.63) is 65.2 Å². The Kier molecular flexibility index (Phi) is 5.62. The van der Waals surface area contributed by atoms with Crippen LogP contribution in [0.25, 0.3) is 10.8 Å². The van der Waals surface area contributed by atoms with E-state index in [4.69, 9.17) is 21.4 Å². The number of aromatic carboxylic acids is 1. The average Bonchev–Trinajstić information content (AvgIpc) is 2.65. The lowest BCUT2D eigenvalue weighted by molar-refractivity contribution is -0.139. The Balaban J connectivity index is 1.97. The second-order valence-corrected chi connectivity index (χ2v) is 8.02. The zero-order valence-electron chi connectivity index (χ0n) is 14.6. The monoisotopic (exact) mass is 435 g/mol. The summed E-state index contributed by atoms with van der Waals surface area (Å²) in [5, 5.41) is 19.3. The lowest BCUT2D eigenvalue weighted by Gasteiger charge is -2.13. The number of benzene rings is 3. The molecule has 0 radical (unpaired) electrons. The van der Waals surface area contributed by atoms with Crippen molar-refractivity contribution in [3.63, 3.8) is 0 Å². The number of fused-ring (bicyclic) bond motifs is 1. The van der Waals surface area contributed by atoms with Crippen molar-refractivity contribution in [1.82, 2.24) is 0 Å². The van der Waals surface area contributed by atoms with Gasteiger partial charge in [0.05, 0.1) is 21.2 Å². The van der Waals surface area contributed by atoms with Crippen molar-refractivity contribution < 1.29 is 33.0 Å². The van der Waals surface area contributed by atoms with Gasteiger partial charge in [0.2, 0.25) is 0 Å². The first kappa shape index (κ1) is 20.4. The van der Waals surface area contributed by atoms with E-state index < -0.39 is 28.6 Å². The van der Waals surface area contributed by atoms with Gasteiger partial charge in [-0.3, -0.25) is 4.72 Å². The SMILES string of the molecule is O=C(O)COc1ccc(S(=O)(=O)Nc2cc3ccccc3cc2C(=O)O)cc1Cl.